The summed E-state index contributed by atoms with van der Waals surface area (Å²) in [6.07, 6.45) is 4.77. The zero-order valence-electron chi connectivity index (χ0n) is 13.4. The van der Waals surface area contributed by atoms with Crippen molar-refractivity contribution in [3.8, 4) is 11.5 Å². The van der Waals surface area contributed by atoms with Gasteiger partial charge in [0.1, 0.15) is 17.1 Å². The Morgan fingerprint density at radius 2 is 2.04 bits per heavy atom. The monoisotopic (exact) mass is 346 g/mol. The van der Waals surface area contributed by atoms with E-state index in [2.05, 4.69) is 10.4 Å². The minimum atomic E-state index is -0.775. The van der Waals surface area contributed by atoms with Crippen molar-refractivity contribution in [3.63, 3.8) is 0 Å². The third-order valence-corrected chi connectivity index (χ3v) is 3.57. The molecule has 0 saturated heterocycles. The van der Waals surface area contributed by atoms with Gasteiger partial charge in [-0.1, -0.05) is 0 Å². The van der Waals surface area contributed by atoms with Crippen molar-refractivity contribution in [1.29, 1.82) is 0 Å². The molecule has 0 aliphatic carbocycles. The molecule has 0 fully saturated rings. The summed E-state index contributed by atoms with van der Waals surface area (Å²) in [4.78, 5) is 12.4. The highest BCUT2D eigenvalue weighted by Crippen LogP contribution is 2.22. The van der Waals surface area contributed by atoms with E-state index in [9.17, 15) is 13.6 Å². The maximum absolute atomic E-state index is 14.2. The number of hydrogen-bond acceptors (Lipinski definition) is 3. The summed E-state index contributed by atoms with van der Waals surface area (Å²) in [7, 11) is 1.53. The molecule has 0 aliphatic rings. The number of rotatable bonds is 6. The quantitative estimate of drug-likeness (QED) is 0.697. The van der Waals surface area contributed by atoms with Gasteiger partial charge in [-0.3, -0.25) is 4.79 Å². The lowest BCUT2D eigenvalue weighted by atomic mass is 10.2. The van der Waals surface area contributed by atoms with E-state index in [0.29, 0.717) is 19.0 Å². The summed E-state index contributed by atoms with van der Waals surface area (Å²) in [6.45, 7) is 0.696. The van der Waals surface area contributed by atoms with Gasteiger partial charge in [-0.2, -0.15) is 5.10 Å². The van der Waals surface area contributed by atoms with E-state index in [4.69, 9.17) is 4.74 Å². The third-order valence-electron chi connectivity index (χ3n) is 3.57. The van der Waals surface area contributed by atoms with Gasteiger partial charge in [0.25, 0.3) is 5.91 Å². The predicted octanol–water partition coefficient (Wildman–Crippen LogP) is 2.32. The summed E-state index contributed by atoms with van der Waals surface area (Å²) >= 11 is 0. The van der Waals surface area contributed by atoms with E-state index in [1.807, 2.05) is 0 Å². The Morgan fingerprint density at radius 3 is 2.72 bits per heavy atom. The number of carbonyl (C=O) groups is 1. The fraction of sp³-hybridized carbons (Fsp3) is 0.176. The molecule has 2 heterocycles. The van der Waals surface area contributed by atoms with Crippen molar-refractivity contribution in [3.05, 3.63) is 66.1 Å². The molecular formula is C17H16F2N4O2. The molecule has 130 valence electrons. The first kappa shape index (κ1) is 16.8. The maximum atomic E-state index is 14.2. The number of aromatic nitrogens is 3. The standard InChI is InChI=1S/C17H16F2N4O2/c1-25-9-6-20-16(24)13-11-21-23(17(13)22-7-2-3-8-22)15-5-4-12(18)10-14(15)19/h2-5,7-8,10-11H,6,9H2,1H3,(H,20,24). The molecule has 0 aliphatic heterocycles. The molecule has 6 nitrogen and oxygen atoms in total. The van der Waals surface area contributed by atoms with Gasteiger partial charge in [0.05, 0.1) is 12.8 Å². The van der Waals surface area contributed by atoms with E-state index in [0.717, 1.165) is 12.1 Å². The van der Waals surface area contributed by atoms with E-state index < -0.39 is 11.6 Å². The molecule has 0 bridgehead atoms. The van der Waals surface area contributed by atoms with Crippen molar-refractivity contribution in [2.45, 2.75) is 0 Å². The molecule has 3 aromatic rings. The van der Waals surface area contributed by atoms with E-state index >= 15 is 0 Å². The molecule has 1 amide bonds. The molecule has 25 heavy (non-hydrogen) atoms. The van der Waals surface area contributed by atoms with Crippen LogP contribution in [0.4, 0.5) is 8.78 Å². The largest absolute Gasteiger partial charge is 0.383 e. The summed E-state index contributed by atoms with van der Waals surface area (Å²) < 4.78 is 35.2. The smallest absolute Gasteiger partial charge is 0.256 e. The zero-order chi connectivity index (χ0) is 17.8. The molecule has 0 spiro atoms. The van der Waals surface area contributed by atoms with Gasteiger partial charge >= 0.3 is 0 Å². The van der Waals surface area contributed by atoms with Gasteiger partial charge < -0.3 is 14.6 Å². The molecule has 0 saturated carbocycles. The Labute approximate surface area is 142 Å². The van der Waals surface area contributed by atoms with Crippen LogP contribution in [0.25, 0.3) is 11.5 Å². The van der Waals surface area contributed by atoms with Crippen LogP contribution in [0.5, 0.6) is 0 Å². The summed E-state index contributed by atoms with van der Waals surface area (Å²) in [5.74, 6) is -1.48. The average Bonchev–Trinajstić information content (AvgIpc) is 3.24. The highest BCUT2D eigenvalue weighted by atomic mass is 19.1. The van der Waals surface area contributed by atoms with Gasteiger partial charge in [0.2, 0.25) is 0 Å². The predicted molar refractivity (Wildman–Crippen MR) is 87.0 cm³/mol. The average molecular weight is 346 g/mol. The zero-order valence-corrected chi connectivity index (χ0v) is 13.4. The van der Waals surface area contributed by atoms with Crippen LogP contribution in [-0.4, -0.2) is 40.5 Å². The molecule has 2 aromatic heterocycles. The maximum Gasteiger partial charge on any atom is 0.256 e. The van der Waals surface area contributed by atoms with Gasteiger partial charge in [0, 0.05) is 32.1 Å². The Hall–Kier alpha value is -3.00. The van der Waals surface area contributed by atoms with Crippen LogP contribution in [0.1, 0.15) is 10.4 Å². The number of halogens is 2. The number of nitrogens with zero attached hydrogens (tertiary/aromatic N) is 3. The normalized spacial score (nSPS) is 10.8. The fourth-order valence-electron chi connectivity index (χ4n) is 2.42. The molecule has 3 rings (SSSR count). The first-order chi connectivity index (χ1) is 12.1. The minimum absolute atomic E-state index is 0.0426. The number of hydrogen-bond donors (Lipinski definition) is 1. The van der Waals surface area contributed by atoms with Crippen molar-refractivity contribution in [2.24, 2.45) is 0 Å². The van der Waals surface area contributed by atoms with Crippen LogP contribution in [0.2, 0.25) is 0 Å². The number of amides is 1. The lowest BCUT2D eigenvalue weighted by Crippen LogP contribution is -2.27. The Balaban J connectivity index is 2.06. The molecular weight excluding hydrogens is 330 g/mol. The SMILES string of the molecule is COCCNC(=O)c1cnn(-c2ccc(F)cc2F)c1-n1cccc1. The molecule has 0 atom stereocenters. The highest BCUT2D eigenvalue weighted by Gasteiger charge is 2.21. The first-order valence-corrected chi connectivity index (χ1v) is 7.55. The lowest BCUT2D eigenvalue weighted by molar-refractivity contribution is 0.0937. The van der Waals surface area contributed by atoms with Crippen molar-refractivity contribution < 1.29 is 18.3 Å². The van der Waals surface area contributed by atoms with Crippen molar-refractivity contribution in [2.75, 3.05) is 20.3 Å². The van der Waals surface area contributed by atoms with E-state index in [1.54, 1.807) is 29.1 Å². The number of methoxy groups -OCH3 is 1. The third kappa shape index (κ3) is 3.43. The Morgan fingerprint density at radius 1 is 1.28 bits per heavy atom. The Kier molecular flexibility index (Phi) is 4.90. The van der Waals surface area contributed by atoms with E-state index in [-0.39, 0.29) is 17.2 Å². The van der Waals surface area contributed by atoms with Gasteiger partial charge in [-0.25, -0.2) is 13.5 Å². The highest BCUT2D eigenvalue weighted by molar-refractivity contribution is 5.97. The van der Waals surface area contributed by atoms with Gasteiger partial charge in [0.15, 0.2) is 11.6 Å². The van der Waals surface area contributed by atoms with Crippen molar-refractivity contribution >= 4 is 5.91 Å². The molecule has 0 radical (unpaired) electrons. The van der Waals surface area contributed by atoms with Crippen LogP contribution in [0.3, 0.4) is 0 Å². The second kappa shape index (κ2) is 7.27. The molecule has 1 aromatic carbocycles. The summed E-state index contributed by atoms with van der Waals surface area (Å²) in [5, 5.41) is 6.83. The summed E-state index contributed by atoms with van der Waals surface area (Å²) in [6, 6.07) is 6.72. The first-order valence-electron chi connectivity index (χ1n) is 7.55. The van der Waals surface area contributed by atoms with Crippen LogP contribution in [0, 0.1) is 11.6 Å². The molecule has 8 heteroatoms. The second-order valence-electron chi connectivity index (χ2n) is 5.23. The number of benzene rings is 1. The van der Waals surface area contributed by atoms with Gasteiger partial charge in [-0.15, -0.1) is 0 Å². The van der Waals surface area contributed by atoms with Crippen molar-refractivity contribution in [1.82, 2.24) is 19.7 Å². The molecule has 0 unspecified atom stereocenters. The van der Waals surface area contributed by atoms with Crippen LogP contribution < -0.4 is 5.32 Å². The fourth-order valence-corrected chi connectivity index (χ4v) is 2.42. The molecule has 1 N–H and O–H groups in total. The Bertz CT molecular complexity index is 875. The number of ether oxygens (including phenoxy) is 1. The van der Waals surface area contributed by atoms with Crippen LogP contribution in [-0.2, 0) is 4.74 Å². The number of nitrogens with one attached hydrogen (secondary N) is 1. The second-order valence-corrected chi connectivity index (χ2v) is 5.23. The van der Waals surface area contributed by atoms with Gasteiger partial charge in [-0.05, 0) is 24.3 Å². The topological polar surface area (TPSA) is 61.1 Å². The lowest BCUT2D eigenvalue weighted by Gasteiger charge is -2.12. The number of carbonyl (C=O) groups excluding carboxylic acids is 1. The minimum Gasteiger partial charge on any atom is -0.383 e. The van der Waals surface area contributed by atoms with Crippen LogP contribution >= 0.6 is 0 Å². The van der Waals surface area contributed by atoms with Crippen LogP contribution in [0.15, 0.2) is 48.9 Å². The van der Waals surface area contributed by atoms with E-state index in [1.165, 1.54) is 24.1 Å². The summed E-state index contributed by atoms with van der Waals surface area (Å²) in [5.41, 5.74) is 0.303.